The van der Waals surface area contributed by atoms with Gasteiger partial charge in [0.05, 0.1) is 5.69 Å². The molecule has 0 bridgehead atoms. The fraction of sp³-hybridized carbons (Fsp3) is 0.333. The molecule has 0 saturated carbocycles. The highest BCUT2D eigenvalue weighted by Gasteiger charge is 2.28. The van der Waals surface area contributed by atoms with Crippen molar-refractivity contribution in [2.24, 2.45) is 0 Å². The fourth-order valence-corrected chi connectivity index (χ4v) is 4.25. The Labute approximate surface area is 142 Å². The van der Waals surface area contributed by atoms with Crippen LogP contribution in [-0.4, -0.2) is 23.0 Å². The third-order valence-corrected chi connectivity index (χ3v) is 5.38. The maximum Gasteiger partial charge on any atom is 0.132 e. The van der Waals surface area contributed by atoms with Crippen molar-refractivity contribution in [3.63, 3.8) is 0 Å². The molecule has 124 valence electrons. The highest BCUT2D eigenvalue weighted by molar-refractivity contribution is 5.94. The number of halogens is 1. The van der Waals surface area contributed by atoms with Crippen LogP contribution in [0.25, 0.3) is 22.2 Å². The van der Waals surface area contributed by atoms with E-state index in [1.807, 2.05) is 12.1 Å². The number of nitrogens with zero attached hydrogens (tertiary/aromatic N) is 1. The summed E-state index contributed by atoms with van der Waals surface area (Å²) in [6, 6.07) is 14.0. The van der Waals surface area contributed by atoms with E-state index in [1.54, 1.807) is 6.07 Å². The van der Waals surface area contributed by atoms with Gasteiger partial charge in [-0.1, -0.05) is 38.1 Å². The summed E-state index contributed by atoms with van der Waals surface area (Å²) in [6.45, 7) is 6.55. The first-order valence-corrected chi connectivity index (χ1v) is 8.87. The van der Waals surface area contributed by atoms with Gasteiger partial charge in [-0.05, 0) is 55.3 Å². The smallest absolute Gasteiger partial charge is 0.132 e. The van der Waals surface area contributed by atoms with E-state index in [4.69, 9.17) is 0 Å². The van der Waals surface area contributed by atoms with Gasteiger partial charge in [0.1, 0.15) is 5.82 Å². The van der Waals surface area contributed by atoms with Gasteiger partial charge >= 0.3 is 0 Å². The molecule has 1 unspecified atom stereocenters. The number of nitrogens with one attached hydrogen (secondary N) is 1. The van der Waals surface area contributed by atoms with Crippen molar-refractivity contribution in [1.29, 1.82) is 0 Å². The molecule has 2 nitrogen and oxygen atoms in total. The van der Waals surface area contributed by atoms with Crippen molar-refractivity contribution in [3.05, 3.63) is 59.4 Å². The van der Waals surface area contributed by atoms with Crippen LogP contribution in [0.5, 0.6) is 0 Å². The molecule has 1 aromatic heterocycles. The number of aromatic nitrogens is 1. The van der Waals surface area contributed by atoms with E-state index in [9.17, 15) is 4.39 Å². The Bertz CT molecular complexity index is 877. The summed E-state index contributed by atoms with van der Waals surface area (Å²) in [5.74, 6) is -0.160. The van der Waals surface area contributed by atoms with Crippen molar-refractivity contribution in [2.45, 2.75) is 32.7 Å². The first-order valence-electron chi connectivity index (χ1n) is 8.87. The van der Waals surface area contributed by atoms with E-state index in [2.05, 4.69) is 41.9 Å². The summed E-state index contributed by atoms with van der Waals surface area (Å²) >= 11 is 0. The van der Waals surface area contributed by atoms with Gasteiger partial charge in [0.15, 0.2) is 0 Å². The molecule has 24 heavy (non-hydrogen) atoms. The van der Waals surface area contributed by atoms with Gasteiger partial charge in [-0.25, -0.2) is 4.39 Å². The highest BCUT2D eigenvalue weighted by Crippen LogP contribution is 2.43. The zero-order valence-corrected chi connectivity index (χ0v) is 14.3. The second-order valence-corrected chi connectivity index (χ2v) is 6.50. The summed E-state index contributed by atoms with van der Waals surface area (Å²) in [5.41, 5.74) is 5.41. The Balaban J connectivity index is 1.93. The van der Waals surface area contributed by atoms with E-state index < -0.39 is 0 Å². The molecule has 3 aromatic rings. The molecule has 1 aliphatic carbocycles. The molecule has 0 spiro atoms. The number of hydrogen-bond acceptors (Lipinski definition) is 1. The lowest BCUT2D eigenvalue weighted by molar-refractivity contribution is 0.207. The average Bonchev–Trinajstić information content (AvgIpc) is 2.98. The molecule has 3 heteroatoms. The normalized spacial score (nSPS) is 16.9. The third kappa shape index (κ3) is 2.27. The predicted octanol–water partition coefficient (Wildman–Crippen LogP) is 5.30. The Morgan fingerprint density at radius 2 is 1.88 bits per heavy atom. The van der Waals surface area contributed by atoms with Crippen LogP contribution in [0.15, 0.2) is 42.5 Å². The van der Waals surface area contributed by atoms with E-state index in [-0.39, 0.29) is 5.82 Å². The molecule has 2 aromatic carbocycles. The summed E-state index contributed by atoms with van der Waals surface area (Å²) in [4.78, 5) is 6.01. The first-order chi connectivity index (χ1) is 11.7. The lowest BCUT2D eigenvalue weighted by Crippen LogP contribution is -2.30. The van der Waals surface area contributed by atoms with Crippen molar-refractivity contribution in [3.8, 4) is 11.3 Å². The minimum atomic E-state index is -0.160. The summed E-state index contributed by atoms with van der Waals surface area (Å²) in [5, 5.41) is 1.30. The van der Waals surface area contributed by atoms with E-state index in [1.165, 1.54) is 22.6 Å². The molecular formula is C21H23FN2. The molecule has 0 radical (unpaired) electrons. The van der Waals surface area contributed by atoms with Gasteiger partial charge in [0.2, 0.25) is 0 Å². The molecule has 0 fully saturated rings. The van der Waals surface area contributed by atoms with Gasteiger partial charge < -0.3 is 4.98 Å². The van der Waals surface area contributed by atoms with E-state index >= 15 is 0 Å². The van der Waals surface area contributed by atoms with Gasteiger partial charge in [-0.3, -0.25) is 4.90 Å². The van der Waals surface area contributed by atoms with Crippen molar-refractivity contribution in [1.82, 2.24) is 9.88 Å². The topological polar surface area (TPSA) is 19.0 Å². The van der Waals surface area contributed by atoms with Gasteiger partial charge in [-0.15, -0.1) is 0 Å². The molecular weight excluding hydrogens is 299 g/mol. The van der Waals surface area contributed by atoms with Crippen LogP contribution < -0.4 is 0 Å². The highest BCUT2D eigenvalue weighted by atomic mass is 19.1. The molecule has 0 amide bonds. The van der Waals surface area contributed by atoms with Gasteiger partial charge in [0, 0.05) is 22.5 Å². The predicted molar refractivity (Wildman–Crippen MR) is 97.7 cm³/mol. The lowest BCUT2D eigenvalue weighted by atomic mass is 9.86. The van der Waals surface area contributed by atoms with Crippen LogP contribution in [0.4, 0.5) is 4.39 Å². The molecule has 0 saturated heterocycles. The zero-order valence-electron chi connectivity index (χ0n) is 14.3. The van der Waals surface area contributed by atoms with Crippen LogP contribution >= 0.6 is 0 Å². The molecule has 1 N–H and O–H groups in total. The van der Waals surface area contributed by atoms with Crippen molar-refractivity contribution >= 4 is 10.9 Å². The number of aryl methyl sites for hydroxylation is 1. The number of H-pyrrole nitrogens is 1. The van der Waals surface area contributed by atoms with E-state index in [0.717, 1.165) is 37.1 Å². The van der Waals surface area contributed by atoms with Crippen molar-refractivity contribution < 1.29 is 4.39 Å². The number of hydrogen-bond donors (Lipinski definition) is 1. The summed E-state index contributed by atoms with van der Waals surface area (Å²) in [7, 11) is 0. The minimum absolute atomic E-state index is 0.160. The monoisotopic (exact) mass is 322 g/mol. The quantitative estimate of drug-likeness (QED) is 0.690. The van der Waals surface area contributed by atoms with Crippen molar-refractivity contribution in [2.75, 3.05) is 13.1 Å². The van der Waals surface area contributed by atoms with Crippen LogP contribution in [0, 0.1) is 5.82 Å². The average molecular weight is 322 g/mol. The van der Waals surface area contributed by atoms with Gasteiger partial charge in [0.25, 0.3) is 0 Å². The standard InChI is InChI=1S/C21H23FN2/c1-3-24(4-2)19-13-12-16-20-15(19)9-7-11-18(20)23-21(16)14-8-5-6-10-17(14)22/h5-11,19,23H,3-4,12-13H2,1-2H3. The van der Waals surface area contributed by atoms with Gasteiger partial charge in [-0.2, -0.15) is 0 Å². The Morgan fingerprint density at radius 1 is 1.08 bits per heavy atom. The second kappa shape index (κ2) is 6.06. The zero-order chi connectivity index (χ0) is 16.7. The maximum atomic E-state index is 14.3. The lowest BCUT2D eigenvalue weighted by Gasteiger charge is -2.33. The fourth-order valence-electron chi connectivity index (χ4n) is 4.25. The van der Waals surface area contributed by atoms with E-state index in [0.29, 0.717) is 11.6 Å². The largest absolute Gasteiger partial charge is 0.354 e. The molecule has 1 atom stereocenters. The summed E-state index contributed by atoms with van der Waals surface area (Å²) in [6.07, 6.45) is 2.08. The number of rotatable bonds is 4. The number of benzene rings is 2. The Hall–Kier alpha value is -2.13. The maximum absolute atomic E-state index is 14.3. The Morgan fingerprint density at radius 3 is 2.62 bits per heavy atom. The third-order valence-electron chi connectivity index (χ3n) is 5.38. The second-order valence-electron chi connectivity index (χ2n) is 6.50. The molecule has 1 heterocycles. The molecule has 4 rings (SSSR count). The Kier molecular flexibility index (Phi) is 3.89. The molecule has 1 aliphatic rings. The SMILES string of the molecule is CCN(CC)C1CCc2c(-c3ccccc3F)[nH]c3cccc1c23. The minimum Gasteiger partial charge on any atom is -0.354 e. The first kappa shape index (κ1) is 15.4. The van der Waals surface area contributed by atoms with Crippen LogP contribution in [-0.2, 0) is 6.42 Å². The van der Waals surface area contributed by atoms with Crippen LogP contribution in [0.2, 0.25) is 0 Å². The molecule has 0 aliphatic heterocycles. The van der Waals surface area contributed by atoms with Crippen LogP contribution in [0.3, 0.4) is 0 Å². The summed E-state index contributed by atoms with van der Waals surface area (Å²) < 4.78 is 14.3. The van der Waals surface area contributed by atoms with Crippen LogP contribution in [0.1, 0.15) is 37.4 Å². The number of aromatic amines is 1.